The molecule has 0 heterocycles. The van der Waals surface area contributed by atoms with Gasteiger partial charge in [-0.25, -0.2) is 0 Å². The molecule has 2 rings (SSSR count). The van der Waals surface area contributed by atoms with Gasteiger partial charge in [-0.3, -0.25) is 0 Å². The second-order valence-electron chi connectivity index (χ2n) is 7.09. The maximum Gasteiger partial charge on any atom is 0.0795 e. The fraction of sp³-hybridized carbons (Fsp3) is 0.667. The van der Waals surface area contributed by atoms with Crippen LogP contribution in [-0.4, -0.2) is 5.11 Å². The van der Waals surface area contributed by atoms with Gasteiger partial charge in [-0.1, -0.05) is 77.1 Å². The Hall–Kier alpha value is -0.820. The van der Waals surface area contributed by atoms with Gasteiger partial charge in [0.05, 0.1) is 6.10 Å². The van der Waals surface area contributed by atoms with E-state index in [-0.39, 0.29) is 11.5 Å². The van der Waals surface area contributed by atoms with Crippen LogP contribution in [0.4, 0.5) is 0 Å². The predicted molar refractivity (Wildman–Crippen MR) is 81.3 cm³/mol. The molecule has 1 saturated carbocycles. The van der Waals surface area contributed by atoms with Crippen LogP contribution in [0.15, 0.2) is 24.3 Å². The zero-order chi connectivity index (χ0) is 13.9. The maximum atomic E-state index is 10.6. The van der Waals surface area contributed by atoms with Crippen molar-refractivity contribution in [3.8, 4) is 0 Å². The number of hydrogen-bond donors (Lipinski definition) is 1. The Labute approximate surface area is 118 Å². The fourth-order valence-electron chi connectivity index (χ4n) is 3.34. The van der Waals surface area contributed by atoms with Crippen molar-refractivity contribution in [3.05, 3.63) is 35.4 Å². The Balaban J connectivity index is 2.12. The van der Waals surface area contributed by atoms with Crippen LogP contribution < -0.4 is 0 Å². The molecule has 1 nitrogen and oxygen atoms in total. The highest BCUT2D eigenvalue weighted by Crippen LogP contribution is 2.35. The third-order valence-electron chi connectivity index (χ3n) is 4.41. The van der Waals surface area contributed by atoms with Crippen molar-refractivity contribution in [2.75, 3.05) is 0 Å². The fourth-order valence-corrected chi connectivity index (χ4v) is 3.34. The first-order valence-electron chi connectivity index (χ1n) is 7.76. The van der Waals surface area contributed by atoms with E-state index in [4.69, 9.17) is 0 Å². The van der Waals surface area contributed by atoms with Gasteiger partial charge < -0.3 is 5.11 Å². The number of rotatable bonds is 3. The molecule has 19 heavy (non-hydrogen) atoms. The molecule has 1 N–H and O–H groups in total. The summed E-state index contributed by atoms with van der Waals surface area (Å²) in [6.45, 7) is 6.66. The zero-order valence-electron chi connectivity index (χ0n) is 12.7. The minimum absolute atomic E-state index is 0.101. The van der Waals surface area contributed by atoms with Gasteiger partial charge in [0.15, 0.2) is 0 Å². The highest BCUT2D eigenvalue weighted by Gasteiger charge is 2.24. The average Bonchev–Trinajstić information content (AvgIpc) is 2.39. The molecule has 1 unspecified atom stereocenters. The second kappa shape index (κ2) is 6.09. The standard InChI is InChI=1S/C18H28O/c1-18(2,3)16-12-8-7-11-15(16)17(19)13-14-9-5-4-6-10-14/h7-8,11-12,14,17,19H,4-6,9-10,13H2,1-3H3. The van der Waals surface area contributed by atoms with E-state index in [0.29, 0.717) is 0 Å². The van der Waals surface area contributed by atoms with Crippen molar-refractivity contribution < 1.29 is 5.11 Å². The van der Waals surface area contributed by atoms with Crippen molar-refractivity contribution in [3.63, 3.8) is 0 Å². The van der Waals surface area contributed by atoms with E-state index in [0.717, 1.165) is 17.9 Å². The van der Waals surface area contributed by atoms with Gasteiger partial charge in [0.2, 0.25) is 0 Å². The summed E-state index contributed by atoms with van der Waals surface area (Å²) in [5.74, 6) is 0.719. The van der Waals surface area contributed by atoms with E-state index in [1.807, 2.05) is 0 Å². The van der Waals surface area contributed by atoms with Gasteiger partial charge in [0.1, 0.15) is 0 Å². The minimum Gasteiger partial charge on any atom is -0.388 e. The molecule has 1 aliphatic carbocycles. The van der Waals surface area contributed by atoms with Gasteiger partial charge in [-0.2, -0.15) is 0 Å². The summed E-state index contributed by atoms with van der Waals surface area (Å²) in [7, 11) is 0. The van der Waals surface area contributed by atoms with E-state index in [1.54, 1.807) is 0 Å². The van der Waals surface area contributed by atoms with Crippen LogP contribution in [0.2, 0.25) is 0 Å². The normalized spacial score (nSPS) is 19.4. The van der Waals surface area contributed by atoms with Crippen LogP contribution in [0.25, 0.3) is 0 Å². The molecule has 106 valence electrons. The third-order valence-corrected chi connectivity index (χ3v) is 4.41. The van der Waals surface area contributed by atoms with E-state index in [9.17, 15) is 5.11 Å². The lowest BCUT2D eigenvalue weighted by Crippen LogP contribution is -2.18. The van der Waals surface area contributed by atoms with E-state index in [1.165, 1.54) is 37.7 Å². The Bertz CT molecular complexity index is 396. The van der Waals surface area contributed by atoms with Gasteiger partial charge >= 0.3 is 0 Å². The lowest BCUT2D eigenvalue weighted by molar-refractivity contribution is 0.129. The summed E-state index contributed by atoms with van der Waals surface area (Å²) in [4.78, 5) is 0. The molecular weight excluding hydrogens is 232 g/mol. The summed E-state index contributed by atoms with van der Waals surface area (Å²) >= 11 is 0. The number of aliphatic hydroxyl groups excluding tert-OH is 1. The molecule has 0 aromatic heterocycles. The van der Waals surface area contributed by atoms with Crippen molar-refractivity contribution in [2.24, 2.45) is 5.92 Å². The zero-order valence-corrected chi connectivity index (χ0v) is 12.7. The average molecular weight is 260 g/mol. The summed E-state index contributed by atoms with van der Waals surface area (Å²) < 4.78 is 0. The molecule has 1 heteroatoms. The number of hydrogen-bond acceptors (Lipinski definition) is 1. The van der Waals surface area contributed by atoms with Gasteiger partial charge in [0, 0.05) is 0 Å². The Morgan fingerprint density at radius 2 is 1.74 bits per heavy atom. The molecule has 0 saturated heterocycles. The Morgan fingerprint density at radius 1 is 1.11 bits per heavy atom. The molecule has 1 aliphatic rings. The van der Waals surface area contributed by atoms with E-state index in [2.05, 4.69) is 45.0 Å². The molecule has 1 fully saturated rings. The van der Waals surface area contributed by atoms with Crippen LogP contribution in [0.3, 0.4) is 0 Å². The Morgan fingerprint density at radius 3 is 2.37 bits per heavy atom. The van der Waals surface area contributed by atoms with Crippen molar-refractivity contribution >= 4 is 0 Å². The van der Waals surface area contributed by atoms with Crippen LogP contribution in [0, 0.1) is 5.92 Å². The molecule has 0 spiro atoms. The summed E-state index contributed by atoms with van der Waals surface area (Å²) in [6, 6.07) is 8.40. The summed E-state index contributed by atoms with van der Waals surface area (Å²) in [6.07, 6.45) is 7.32. The van der Waals surface area contributed by atoms with Gasteiger partial charge in [-0.05, 0) is 28.9 Å². The lowest BCUT2D eigenvalue weighted by atomic mass is 9.79. The first-order chi connectivity index (χ1) is 8.98. The molecule has 1 aromatic carbocycles. The predicted octanol–water partition coefficient (Wildman–Crippen LogP) is 4.99. The molecule has 1 aromatic rings. The van der Waals surface area contributed by atoms with Crippen molar-refractivity contribution in [2.45, 2.75) is 70.8 Å². The van der Waals surface area contributed by atoms with Crippen molar-refractivity contribution in [1.29, 1.82) is 0 Å². The number of benzene rings is 1. The topological polar surface area (TPSA) is 20.2 Å². The largest absolute Gasteiger partial charge is 0.388 e. The molecule has 0 aliphatic heterocycles. The Kier molecular flexibility index (Phi) is 4.67. The quantitative estimate of drug-likeness (QED) is 0.812. The van der Waals surface area contributed by atoms with Crippen LogP contribution >= 0.6 is 0 Å². The number of aliphatic hydroxyl groups is 1. The second-order valence-corrected chi connectivity index (χ2v) is 7.09. The van der Waals surface area contributed by atoms with Crippen LogP contribution in [0.5, 0.6) is 0 Å². The lowest BCUT2D eigenvalue weighted by Gasteiger charge is -2.28. The van der Waals surface area contributed by atoms with E-state index >= 15 is 0 Å². The molecule has 1 atom stereocenters. The highest BCUT2D eigenvalue weighted by molar-refractivity contribution is 5.34. The summed E-state index contributed by atoms with van der Waals surface area (Å²) in [5.41, 5.74) is 2.53. The molecule has 0 amide bonds. The molecular formula is C18H28O. The maximum absolute atomic E-state index is 10.6. The molecule has 0 bridgehead atoms. The van der Waals surface area contributed by atoms with Crippen LogP contribution in [0.1, 0.15) is 76.5 Å². The SMILES string of the molecule is CC(C)(C)c1ccccc1C(O)CC1CCCCC1. The minimum atomic E-state index is -0.293. The highest BCUT2D eigenvalue weighted by atomic mass is 16.3. The van der Waals surface area contributed by atoms with E-state index < -0.39 is 0 Å². The van der Waals surface area contributed by atoms with Crippen LogP contribution in [-0.2, 0) is 5.41 Å². The first-order valence-corrected chi connectivity index (χ1v) is 7.76. The molecule has 0 radical (unpaired) electrons. The third kappa shape index (κ3) is 3.82. The smallest absolute Gasteiger partial charge is 0.0795 e. The summed E-state index contributed by atoms with van der Waals surface area (Å²) in [5, 5.41) is 10.6. The van der Waals surface area contributed by atoms with Gasteiger partial charge in [-0.15, -0.1) is 0 Å². The van der Waals surface area contributed by atoms with Gasteiger partial charge in [0.25, 0.3) is 0 Å². The van der Waals surface area contributed by atoms with Crippen molar-refractivity contribution in [1.82, 2.24) is 0 Å². The monoisotopic (exact) mass is 260 g/mol. The first kappa shape index (κ1) is 14.6.